The average Bonchev–Trinajstić information content (AvgIpc) is 2.65. The molecule has 0 aliphatic heterocycles. The van der Waals surface area contributed by atoms with Gasteiger partial charge in [0.2, 0.25) is 0 Å². The Morgan fingerprint density at radius 1 is 1.15 bits per heavy atom. The fourth-order valence-electron chi connectivity index (χ4n) is 5.47. The van der Waals surface area contributed by atoms with E-state index in [1.54, 1.807) is 0 Å². The van der Waals surface area contributed by atoms with E-state index in [2.05, 4.69) is 64.6 Å². The Morgan fingerprint density at radius 2 is 1.92 bits per heavy atom. The normalized spacial score (nSPS) is 20.7. The van der Waals surface area contributed by atoms with Crippen LogP contribution in [0.4, 0.5) is 0 Å². The van der Waals surface area contributed by atoms with E-state index >= 15 is 0 Å². The van der Waals surface area contributed by atoms with Gasteiger partial charge in [-0.3, -0.25) is 4.98 Å². The van der Waals surface area contributed by atoms with Gasteiger partial charge in [0.25, 0.3) is 0 Å². The number of aromatic nitrogens is 1. The van der Waals surface area contributed by atoms with Crippen LogP contribution in [-0.4, -0.2) is 4.98 Å². The molecule has 2 aliphatic rings. The average molecular weight is 346 g/mol. The van der Waals surface area contributed by atoms with E-state index in [-0.39, 0.29) is 10.8 Å². The van der Waals surface area contributed by atoms with Crippen molar-refractivity contribution in [3.8, 4) is 11.3 Å². The van der Waals surface area contributed by atoms with Gasteiger partial charge in [0.15, 0.2) is 0 Å². The van der Waals surface area contributed by atoms with Crippen molar-refractivity contribution in [1.82, 2.24) is 4.98 Å². The highest BCUT2D eigenvalue weighted by Gasteiger charge is 2.47. The molecule has 1 saturated carbocycles. The van der Waals surface area contributed by atoms with Crippen molar-refractivity contribution in [2.75, 3.05) is 0 Å². The smallest absolute Gasteiger partial charge is 0.0745 e. The topological polar surface area (TPSA) is 12.9 Å². The minimum absolute atomic E-state index is 0.183. The molecular formula is C25H31N. The highest BCUT2D eigenvalue weighted by molar-refractivity contribution is 5.77. The Kier molecular flexibility index (Phi) is 4.10. The maximum Gasteiger partial charge on any atom is 0.0745 e. The summed E-state index contributed by atoms with van der Waals surface area (Å²) in [6.45, 7) is 13.7. The third kappa shape index (κ3) is 2.32. The van der Waals surface area contributed by atoms with Crippen molar-refractivity contribution in [3.05, 3.63) is 65.4 Å². The number of hydrogen-bond acceptors (Lipinski definition) is 1. The van der Waals surface area contributed by atoms with Gasteiger partial charge in [-0.2, -0.15) is 0 Å². The molecule has 1 fully saturated rings. The third-order valence-corrected chi connectivity index (χ3v) is 7.52. The van der Waals surface area contributed by atoms with Crippen molar-refractivity contribution < 1.29 is 0 Å². The lowest BCUT2D eigenvalue weighted by Crippen LogP contribution is -2.41. The number of benzene rings is 1. The highest BCUT2D eigenvalue weighted by atomic mass is 14.7. The largest absolute Gasteiger partial charge is 0.256 e. The van der Waals surface area contributed by atoms with Crippen molar-refractivity contribution in [2.24, 2.45) is 5.92 Å². The number of hydrogen-bond donors (Lipinski definition) is 0. The summed E-state index contributed by atoms with van der Waals surface area (Å²) in [6.07, 6.45) is 7.69. The molecular weight excluding hydrogens is 314 g/mol. The van der Waals surface area contributed by atoms with Crippen LogP contribution in [0, 0.1) is 5.92 Å². The van der Waals surface area contributed by atoms with Crippen LogP contribution in [0.25, 0.3) is 11.3 Å². The van der Waals surface area contributed by atoms with Crippen LogP contribution >= 0.6 is 0 Å². The number of rotatable bonds is 4. The van der Waals surface area contributed by atoms with Crippen LogP contribution in [0.1, 0.15) is 70.1 Å². The number of fused-ring (bicyclic) bond motifs is 4. The molecule has 0 radical (unpaired) electrons. The Labute approximate surface area is 158 Å². The Balaban J connectivity index is 1.95. The number of pyridine rings is 1. The lowest BCUT2D eigenvalue weighted by atomic mass is 9.55. The van der Waals surface area contributed by atoms with Gasteiger partial charge in [0.05, 0.1) is 5.69 Å². The van der Waals surface area contributed by atoms with Crippen LogP contribution < -0.4 is 0 Å². The van der Waals surface area contributed by atoms with Crippen molar-refractivity contribution in [2.45, 2.75) is 70.6 Å². The molecule has 1 nitrogen and oxygen atoms in total. The van der Waals surface area contributed by atoms with Crippen LogP contribution in [0.5, 0.6) is 0 Å². The molecule has 0 bridgehead atoms. The molecule has 1 heteroatoms. The number of allylic oxidation sites excluding steroid dienone is 1. The first kappa shape index (κ1) is 17.5. The van der Waals surface area contributed by atoms with E-state index in [0.717, 1.165) is 25.7 Å². The molecule has 0 saturated heterocycles. The molecule has 1 spiro atoms. The molecule has 136 valence electrons. The van der Waals surface area contributed by atoms with Crippen LogP contribution in [0.15, 0.2) is 48.7 Å². The second-order valence-electron chi connectivity index (χ2n) is 8.88. The SMILES string of the molecule is C=C1CC2(C1)Cc1cccc(C(C)(CC)C(C)CC)c1-c1ncccc12. The van der Waals surface area contributed by atoms with E-state index in [0.29, 0.717) is 5.92 Å². The zero-order chi connectivity index (χ0) is 18.5. The summed E-state index contributed by atoms with van der Waals surface area (Å²) in [7, 11) is 0. The van der Waals surface area contributed by atoms with Crippen LogP contribution in [-0.2, 0) is 17.3 Å². The monoisotopic (exact) mass is 345 g/mol. The molecule has 0 amide bonds. The van der Waals surface area contributed by atoms with E-state index < -0.39 is 0 Å². The zero-order valence-electron chi connectivity index (χ0n) is 16.7. The molecule has 1 aromatic heterocycles. The Morgan fingerprint density at radius 3 is 2.58 bits per heavy atom. The summed E-state index contributed by atoms with van der Waals surface area (Å²) < 4.78 is 0. The van der Waals surface area contributed by atoms with Gasteiger partial charge in [0.1, 0.15) is 0 Å². The maximum absolute atomic E-state index is 4.93. The molecule has 2 atom stereocenters. The molecule has 2 unspecified atom stereocenters. The van der Waals surface area contributed by atoms with Gasteiger partial charge in [-0.1, -0.05) is 70.5 Å². The van der Waals surface area contributed by atoms with Crippen molar-refractivity contribution in [3.63, 3.8) is 0 Å². The maximum atomic E-state index is 4.93. The number of nitrogens with zero attached hydrogens (tertiary/aromatic N) is 1. The van der Waals surface area contributed by atoms with E-state index in [1.165, 1.54) is 39.9 Å². The second kappa shape index (κ2) is 6.08. The predicted octanol–water partition coefficient (Wildman–Crippen LogP) is 6.61. The molecule has 1 heterocycles. The lowest BCUT2D eigenvalue weighted by molar-refractivity contribution is 0.293. The van der Waals surface area contributed by atoms with E-state index in [4.69, 9.17) is 4.98 Å². The predicted molar refractivity (Wildman–Crippen MR) is 111 cm³/mol. The molecule has 2 aromatic rings. The fraction of sp³-hybridized carbons (Fsp3) is 0.480. The summed E-state index contributed by atoms with van der Waals surface area (Å²) in [6, 6.07) is 11.4. The van der Waals surface area contributed by atoms with Gasteiger partial charge in [-0.25, -0.2) is 0 Å². The van der Waals surface area contributed by atoms with E-state index in [9.17, 15) is 0 Å². The van der Waals surface area contributed by atoms with Gasteiger partial charge in [-0.15, -0.1) is 0 Å². The summed E-state index contributed by atoms with van der Waals surface area (Å²) in [5.74, 6) is 0.644. The molecule has 0 N–H and O–H groups in total. The summed E-state index contributed by atoms with van der Waals surface area (Å²) in [5.41, 5.74) is 8.92. The second-order valence-corrected chi connectivity index (χ2v) is 8.88. The molecule has 1 aromatic carbocycles. The minimum atomic E-state index is 0.183. The van der Waals surface area contributed by atoms with Crippen molar-refractivity contribution >= 4 is 0 Å². The highest BCUT2D eigenvalue weighted by Crippen LogP contribution is 2.56. The van der Waals surface area contributed by atoms with Gasteiger partial charge < -0.3 is 0 Å². The quantitative estimate of drug-likeness (QED) is 0.568. The summed E-state index contributed by atoms with van der Waals surface area (Å²) in [4.78, 5) is 4.93. The fourth-order valence-corrected chi connectivity index (χ4v) is 5.47. The first-order valence-corrected chi connectivity index (χ1v) is 10.2. The van der Waals surface area contributed by atoms with E-state index in [1.807, 2.05) is 6.20 Å². The molecule has 2 aliphatic carbocycles. The molecule has 4 rings (SSSR count). The van der Waals surface area contributed by atoms with Crippen LogP contribution in [0.2, 0.25) is 0 Å². The third-order valence-electron chi connectivity index (χ3n) is 7.52. The van der Waals surface area contributed by atoms with Gasteiger partial charge >= 0.3 is 0 Å². The molecule has 26 heavy (non-hydrogen) atoms. The van der Waals surface area contributed by atoms with Crippen LogP contribution in [0.3, 0.4) is 0 Å². The lowest BCUT2D eigenvalue weighted by Gasteiger charge is -2.49. The summed E-state index contributed by atoms with van der Waals surface area (Å²) >= 11 is 0. The minimum Gasteiger partial charge on any atom is -0.256 e. The first-order chi connectivity index (χ1) is 12.4. The van der Waals surface area contributed by atoms with Crippen molar-refractivity contribution in [1.29, 1.82) is 0 Å². The zero-order valence-corrected chi connectivity index (χ0v) is 16.7. The van der Waals surface area contributed by atoms with Gasteiger partial charge in [-0.05, 0) is 59.8 Å². The van der Waals surface area contributed by atoms with Gasteiger partial charge in [0, 0.05) is 17.2 Å². The Hall–Kier alpha value is -1.89. The summed E-state index contributed by atoms with van der Waals surface area (Å²) in [5, 5.41) is 0. The standard InChI is InChI=1S/C25H31N/c1-6-18(4)24(5,7-2)20-11-8-10-19-16-25(14-17(3)15-25)21-12-9-13-26-23(21)22(19)20/h8-13,18H,3,6-7,14-16H2,1-2,4-5H3. The Bertz CT molecular complexity index is 854. The first-order valence-electron chi connectivity index (χ1n) is 10.2.